The van der Waals surface area contributed by atoms with Crippen molar-refractivity contribution in [2.24, 2.45) is 5.92 Å². The maximum absolute atomic E-state index is 12.4. The Morgan fingerprint density at radius 1 is 1.00 bits per heavy atom. The molecule has 1 spiro atoms. The summed E-state index contributed by atoms with van der Waals surface area (Å²) >= 11 is 0. The number of anilines is 2. The molecule has 1 amide bonds. The molecule has 0 atom stereocenters. The number of nitrogens with zero attached hydrogens (tertiary/aromatic N) is 5. The van der Waals surface area contributed by atoms with Crippen molar-refractivity contribution in [3.63, 3.8) is 0 Å². The van der Waals surface area contributed by atoms with Crippen molar-refractivity contribution in [2.75, 3.05) is 23.3 Å². The van der Waals surface area contributed by atoms with Crippen LogP contribution in [0.4, 0.5) is 16.4 Å². The van der Waals surface area contributed by atoms with Crippen molar-refractivity contribution >= 4 is 30.1 Å². The summed E-state index contributed by atoms with van der Waals surface area (Å²) < 4.78 is 5.83. The number of amides is 1. The zero-order chi connectivity index (χ0) is 21.1. The van der Waals surface area contributed by atoms with Gasteiger partial charge in [0, 0.05) is 30.1 Å². The van der Waals surface area contributed by atoms with Gasteiger partial charge in [0.05, 0.1) is 18.9 Å². The first-order chi connectivity index (χ1) is 15.2. The summed E-state index contributed by atoms with van der Waals surface area (Å²) in [4.78, 5) is 22.9. The molecule has 1 aliphatic heterocycles. The number of aromatic nitrogens is 4. The molecule has 4 heterocycles. The zero-order valence-corrected chi connectivity index (χ0v) is 18.4. The molecule has 0 bridgehead atoms. The Morgan fingerprint density at radius 2 is 1.84 bits per heavy atom. The lowest BCUT2D eigenvalue weighted by Crippen LogP contribution is -2.39. The first kappa shape index (κ1) is 22.0. The van der Waals surface area contributed by atoms with Gasteiger partial charge < -0.3 is 10.1 Å². The number of hydrogen-bond donors (Lipinski definition) is 1. The van der Waals surface area contributed by atoms with Gasteiger partial charge in [0.1, 0.15) is 17.2 Å². The van der Waals surface area contributed by atoms with Crippen LogP contribution in [0.3, 0.4) is 0 Å². The molecule has 32 heavy (non-hydrogen) atoms. The first-order valence-corrected chi connectivity index (χ1v) is 10.6. The minimum absolute atomic E-state index is 0. The van der Waals surface area contributed by atoms with Gasteiger partial charge in [-0.1, -0.05) is 6.07 Å². The second-order valence-electron chi connectivity index (χ2n) is 8.21. The Kier molecular flexibility index (Phi) is 6.50. The third kappa shape index (κ3) is 4.65. The van der Waals surface area contributed by atoms with E-state index in [1.165, 1.54) is 0 Å². The molecular weight excluding hydrogens is 428 g/mol. The van der Waals surface area contributed by atoms with Crippen molar-refractivity contribution in [3.8, 4) is 11.1 Å². The largest absolute Gasteiger partial charge is 0.441 e. The minimum atomic E-state index is -0.385. The standard InChI is InChI=1S/C23H24N6O2.ClH/c30-22-29(21-3-1-2-11-24-21)16-23(31-22)9-6-17(7-10-23)13-25-20-5-4-18(14-26-20)19-8-12-27-28-15-19;/h1-5,8,11-12,14-15,17H,6-7,9-10,13,16H2,(H,25,26);1H. The number of nitrogens with one attached hydrogen (secondary N) is 1. The van der Waals surface area contributed by atoms with Crippen LogP contribution in [0, 0.1) is 5.92 Å². The average Bonchev–Trinajstić information content (AvgIpc) is 3.16. The molecule has 2 fully saturated rings. The van der Waals surface area contributed by atoms with Crippen molar-refractivity contribution < 1.29 is 9.53 Å². The number of hydrogen-bond acceptors (Lipinski definition) is 7. The first-order valence-electron chi connectivity index (χ1n) is 10.6. The molecule has 2 aliphatic rings. The van der Waals surface area contributed by atoms with E-state index in [9.17, 15) is 4.79 Å². The van der Waals surface area contributed by atoms with Crippen LogP contribution in [0.1, 0.15) is 25.7 Å². The van der Waals surface area contributed by atoms with Gasteiger partial charge in [-0.25, -0.2) is 14.8 Å². The van der Waals surface area contributed by atoms with E-state index in [2.05, 4.69) is 25.5 Å². The van der Waals surface area contributed by atoms with Crippen LogP contribution in [0.2, 0.25) is 0 Å². The van der Waals surface area contributed by atoms with Gasteiger partial charge in [0.25, 0.3) is 0 Å². The predicted octanol–water partition coefficient (Wildman–Crippen LogP) is 4.35. The Balaban J connectivity index is 0.00000245. The number of carbonyl (C=O) groups excluding carboxylic acids is 1. The number of halogens is 1. The Labute approximate surface area is 192 Å². The van der Waals surface area contributed by atoms with Crippen LogP contribution < -0.4 is 10.2 Å². The molecule has 1 N–H and O–H groups in total. The van der Waals surface area contributed by atoms with Crippen molar-refractivity contribution in [3.05, 3.63) is 61.2 Å². The zero-order valence-electron chi connectivity index (χ0n) is 17.6. The van der Waals surface area contributed by atoms with Crippen LogP contribution >= 0.6 is 12.4 Å². The Hall–Kier alpha value is -3.26. The maximum Gasteiger partial charge on any atom is 0.416 e. The smallest absolute Gasteiger partial charge is 0.416 e. The van der Waals surface area contributed by atoms with E-state index in [0.717, 1.165) is 49.2 Å². The maximum atomic E-state index is 12.4. The fourth-order valence-corrected chi connectivity index (χ4v) is 4.36. The van der Waals surface area contributed by atoms with Gasteiger partial charge in [-0.3, -0.25) is 4.90 Å². The summed E-state index contributed by atoms with van der Waals surface area (Å²) in [6.45, 7) is 1.44. The molecule has 8 nitrogen and oxygen atoms in total. The quantitative estimate of drug-likeness (QED) is 0.614. The van der Waals surface area contributed by atoms with Gasteiger partial charge in [-0.05, 0) is 61.9 Å². The van der Waals surface area contributed by atoms with Crippen molar-refractivity contribution in [2.45, 2.75) is 31.3 Å². The van der Waals surface area contributed by atoms with Crippen LogP contribution in [0.5, 0.6) is 0 Å². The van der Waals surface area contributed by atoms with Crippen LogP contribution in [-0.2, 0) is 4.74 Å². The fourth-order valence-electron chi connectivity index (χ4n) is 4.36. The molecule has 1 saturated carbocycles. The van der Waals surface area contributed by atoms with E-state index in [0.29, 0.717) is 18.3 Å². The van der Waals surface area contributed by atoms with Gasteiger partial charge in [0.2, 0.25) is 0 Å². The highest BCUT2D eigenvalue weighted by Gasteiger charge is 2.47. The number of pyridine rings is 2. The molecule has 9 heteroatoms. The summed E-state index contributed by atoms with van der Waals surface area (Å²) in [6, 6.07) is 11.5. The topological polar surface area (TPSA) is 93.1 Å². The lowest BCUT2D eigenvalue weighted by Gasteiger charge is -2.35. The van der Waals surface area contributed by atoms with E-state index in [-0.39, 0.29) is 24.1 Å². The number of ether oxygens (including phenoxy) is 1. The van der Waals surface area contributed by atoms with Crippen molar-refractivity contribution in [1.82, 2.24) is 20.2 Å². The molecule has 0 radical (unpaired) electrons. The fraction of sp³-hybridized carbons (Fsp3) is 0.348. The summed E-state index contributed by atoms with van der Waals surface area (Å²) in [5.41, 5.74) is 1.63. The molecule has 3 aromatic heterocycles. The predicted molar refractivity (Wildman–Crippen MR) is 124 cm³/mol. The molecule has 3 aromatic rings. The van der Waals surface area contributed by atoms with Crippen LogP contribution in [0.25, 0.3) is 11.1 Å². The van der Waals surface area contributed by atoms with Gasteiger partial charge >= 0.3 is 6.09 Å². The molecule has 1 saturated heterocycles. The normalized spacial score (nSPS) is 22.3. The molecule has 5 rings (SSSR count). The lowest BCUT2D eigenvalue weighted by atomic mass is 9.78. The highest BCUT2D eigenvalue weighted by molar-refractivity contribution is 5.89. The van der Waals surface area contributed by atoms with E-state index in [1.54, 1.807) is 23.5 Å². The van der Waals surface area contributed by atoms with E-state index < -0.39 is 0 Å². The Bertz CT molecular complexity index is 1030. The summed E-state index contributed by atoms with van der Waals surface area (Å²) in [5.74, 6) is 2.05. The van der Waals surface area contributed by atoms with Crippen LogP contribution in [0.15, 0.2) is 61.2 Å². The van der Waals surface area contributed by atoms with E-state index in [1.807, 2.05) is 42.6 Å². The molecule has 0 aromatic carbocycles. The Morgan fingerprint density at radius 3 is 2.53 bits per heavy atom. The number of carbonyl (C=O) groups is 1. The monoisotopic (exact) mass is 452 g/mol. The molecular formula is C23H25ClN6O2. The molecule has 0 unspecified atom stereocenters. The van der Waals surface area contributed by atoms with Crippen LogP contribution in [-0.4, -0.2) is 44.9 Å². The third-order valence-corrected chi connectivity index (χ3v) is 6.17. The molecule has 166 valence electrons. The minimum Gasteiger partial charge on any atom is -0.441 e. The lowest BCUT2D eigenvalue weighted by molar-refractivity contribution is 0.0148. The highest BCUT2D eigenvalue weighted by atomic mass is 35.5. The summed E-state index contributed by atoms with van der Waals surface area (Å²) in [5, 5.41) is 11.2. The average molecular weight is 453 g/mol. The summed E-state index contributed by atoms with van der Waals surface area (Å²) in [7, 11) is 0. The third-order valence-electron chi connectivity index (χ3n) is 6.17. The highest BCUT2D eigenvalue weighted by Crippen LogP contribution is 2.40. The van der Waals surface area contributed by atoms with E-state index in [4.69, 9.17) is 4.74 Å². The van der Waals surface area contributed by atoms with Gasteiger partial charge in [-0.15, -0.1) is 12.4 Å². The van der Waals surface area contributed by atoms with Gasteiger partial charge in [0.15, 0.2) is 0 Å². The second-order valence-corrected chi connectivity index (χ2v) is 8.21. The summed E-state index contributed by atoms with van der Waals surface area (Å²) in [6.07, 6.45) is 10.4. The second kappa shape index (κ2) is 9.48. The van der Waals surface area contributed by atoms with Gasteiger partial charge in [-0.2, -0.15) is 10.2 Å². The SMILES string of the molecule is Cl.O=C1OC2(CCC(CNc3ccc(-c4ccnnc4)cn3)CC2)CN1c1ccccn1. The van der Waals surface area contributed by atoms with Crippen molar-refractivity contribution in [1.29, 1.82) is 0 Å². The van der Waals surface area contributed by atoms with E-state index >= 15 is 0 Å². The molecule has 1 aliphatic carbocycles. The number of rotatable bonds is 5.